The molecule has 1 N–H and O–H groups in total. The number of thiazole rings is 1. The number of likely N-dealkylation sites (N-methyl/N-ethyl adjacent to an activating group) is 1. The molecule has 0 atom stereocenters. The summed E-state index contributed by atoms with van der Waals surface area (Å²) in [7, 11) is 3.83. The zero-order valence-corrected chi connectivity index (χ0v) is 16.6. The molecule has 0 aliphatic heterocycles. The van der Waals surface area contributed by atoms with Gasteiger partial charge in [0.1, 0.15) is 12.4 Å². The van der Waals surface area contributed by atoms with Gasteiger partial charge in [0.05, 0.1) is 17.2 Å². The first-order chi connectivity index (χ1) is 12.0. The first-order valence-electron chi connectivity index (χ1n) is 8.53. The van der Waals surface area contributed by atoms with Gasteiger partial charge in [0, 0.05) is 31.9 Å². The van der Waals surface area contributed by atoms with Crippen molar-refractivity contribution in [3.63, 3.8) is 0 Å². The van der Waals surface area contributed by atoms with E-state index < -0.39 is 0 Å². The van der Waals surface area contributed by atoms with E-state index in [0.29, 0.717) is 6.61 Å². The molecule has 2 aromatic rings. The van der Waals surface area contributed by atoms with Gasteiger partial charge >= 0.3 is 0 Å². The van der Waals surface area contributed by atoms with E-state index >= 15 is 0 Å². The van der Waals surface area contributed by atoms with Crippen LogP contribution in [0.3, 0.4) is 0 Å². The van der Waals surface area contributed by atoms with Gasteiger partial charge < -0.3 is 15.0 Å². The molecule has 1 aromatic carbocycles. The van der Waals surface area contributed by atoms with Gasteiger partial charge in [-0.2, -0.15) is 0 Å². The third-order valence-corrected chi connectivity index (χ3v) is 5.06. The van der Waals surface area contributed by atoms with Crippen molar-refractivity contribution in [2.45, 2.75) is 27.2 Å². The maximum absolute atomic E-state index is 5.79. The van der Waals surface area contributed by atoms with Crippen molar-refractivity contribution in [3.05, 3.63) is 45.4 Å². The van der Waals surface area contributed by atoms with E-state index in [1.807, 2.05) is 26.2 Å². The fourth-order valence-electron chi connectivity index (χ4n) is 2.52. The van der Waals surface area contributed by atoms with Crippen molar-refractivity contribution < 1.29 is 4.74 Å². The zero-order chi connectivity index (χ0) is 18.2. The molecule has 136 valence electrons. The van der Waals surface area contributed by atoms with Crippen LogP contribution in [0.25, 0.3) is 0 Å². The molecular weight excluding hydrogens is 332 g/mol. The van der Waals surface area contributed by atoms with Crippen LogP contribution in [-0.4, -0.2) is 49.6 Å². The van der Waals surface area contributed by atoms with E-state index in [0.717, 1.165) is 41.9 Å². The number of aryl methyl sites for hydroxylation is 3. The van der Waals surface area contributed by atoms with Crippen molar-refractivity contribution in [2.24, 2.45) is 4.99 Å². The number of nitrogens with zero attached hydrogens (tertiary/aromatic N) is 3. The highest BCUT2D eigenvalue weighted by Gasteiger charge is 2.08. The third-order valence-electron chi connectivity index (χ3n) is 3.92. The van der Waals surface area contributed by atoms with E-state index in [9.17, 15) is 0 Å². The summed E-state index contributed by atoms with van der Waals surface area (Å²) in [5, 5.41) is 4.54. The van der Waals surface area contributed by atoms with Crippen molar-refractivity contribution in [1.82, 2.24) is 15.2 Å². The quantitative estimate of drug-likeness (QED) is 0.608. The van der Waals surface area contributed by atoms with E-state index in [-0.39, 0.29) is 0 Å². The number of guanidine groups is 1. The lowest BCUT2D eigenvalue weighted by Gasteiger charge is -2.22. The standard InChI is InChI=1S/C19H28N4OS/c1-14-6-8-17(9-7-14)24-13-12-23(5)19(20-4)21-11-10-18-15(2)22-16(3)25-18/h6-9H,10-13H2,1-5H3,(H,20,21). The first kappa shape index (κ1) is 19.2. The van der Waals surface area contributed by atoms with Crippen LogP contribution in [-0.2, 0) is 6.42 Å². The van der Waals surface area contributed by atoms with Crippen molar-refractivity contribution in [3.8, 4) is 5.75 Å². The van der Waals surface area contributed by atoms with Crippen LogP contribution >= 0.6 is 11.3 Å². The molecule has 0 unspecified atom stereocenters. The van der Waals surface area contributed by atoms with Crippen LogP contribution in [0.5, 0.6) is 5.75 Å². The second-order valence-corrected chi connectivity index (χ2v) is 7.34. The fraction of sp³-hybridized carbons (Fsp3) is 0.474. The molecule has 1 heterocycles. The predicted molar refractivity (Wildman–Crippen MR) is 106 cm³/mol. The molecule has 0 amide bonds. The molecule has 0 aliphatic carbocycles. The minimum absolute atomic E-state index is 0.618. The summed E-state index contributed by atoms with van der Waals surface area (Å²) >= 11 is 1.77. The van der Waals surface area contributed by atoms with Gasteiger partial charge in [-0.3, -0.25) is 4.99 Å². The Hall–Kier alpha value is -2.08. The van der Waals surface area contributed by atoms with Crippen LogP contribution in [0.4, 0.5) is 0 Å². The van der Waals surface area contributed by atoms with Crippen molar-refractivity contribution in [1.29, 1.82) is 0 Å². The summed E-state index contributed by atoms with van der Waals surface area (Å²) in [5.41, 5.74) is 2.37. The summed E-state index contributed by atoms with van der Waals surface area (Å²) in [6, 6.07) is 8.12. The molecule has 25 heavy (non-hydrogen) atoms. The minimum Gasteiger partial charge on any atom is -0.492 e. The number of hydrogen-bond acceptors (Lipinski definition) is 4. The van der Waals surface area contributed by atoms with Gasteiger partial charge in [-0.1, -0.05) is 17.7 Å². The summed E-state index contributed by atoms with van der Waals surface area (Å²) in [4.78, 5) is 12.2. The summed E-state index contributed by atoms with van der Waals surface area (Å²) in [6.07, 6.45) is 0.962. The zero-order valence-electron chi connectivity index (χ0n) is 15.8. The molecule has 0 saturated carbocycles. The maximum atomic E-state index is 5.79. The summed E-state index contributed by atoms with van der Waals surface area (Å²) in [5.74, 6) is 1.78. The largest absolute Gasteiger partial charge is 0.492 e. The topological polar surface area (TPSA) is 49.8 Å². The lowest BCUT2D eigenvalue weighted by atomic mass is 10.2. The Kier molecular flexibility index (Phi) is 7.25. The Labute approximate surface area is 154 Å². The molecule has 0 saturated heterocycles. The average Bonchev–Trinajstić information content (AvgIpc) is 2.91. The number of ether oxygens (including phenoxy) is 1. The van der Waals surface area contributed by atoms with Gasteiger partial charge in [-0.15, -0.1) is 11.3 Å². The molecule has 0 radical (unpaired) electrons. The van der Waals surface area contributed by atoms with Gasteiger partial charge in [0.2, 0.25) is 0 Å². The van der Waals surface area contributed by atoms with Crippen LogP contribution in [0.2, 0.25) is 0 Å². The molecule has 6 heteroatoms. The van der Waals surface area contributed by atoms with Crippen molar-refractivity contribution >= 4 is 17.3 Å². The van der Waals surface area contributed by atoms with E-state index in [1.165, 1.54) is 10.4 Å². The molecule has 0 bridgehead atoms. The fourth-order valence-corrected chi connectivity index (χ4v) is 3.46. The van der Waals surface area contributed by atoms with Gasteiger partial charge in [0.25, 0.3) is 0 Å². The first-order valence-corrected chi connectivity index (χ1v) is 9.35. The molecule has 5 nitrogen and oxygen atoms in total. The Morgan fingerprint density at radius 2 is 1.96 bits per heavy atom. The Morgan fingerprint density at radius 3 is 2.56 bits per heavy atom. The SMILES string of the molecule is CN=C(NCCc1sc(C)nc1C)N(C)CCOc1ccc(C)cc1. The number of aliphatic imine (C=N–C) groups is 1. The number of hydrogen-bond donors (Lipinski definition) is 1. The van der Waals surface area contributed by atoms with Crippen LogP contribution < -0.4 is 10.1 Å². The van der Waals surface area contributed by atoms with Gasteiger partial charge in [0.15, 0.2) is 5.96 Å². The highest BCUT2D eigenvalue weighted by atomic mass is 32.1. The Morgan fingerprint density at radius 1 is 1.24 bits per heavy atom. The number of aromatic nitrogens is 1. The summed E-state index contributed by atoms with van der Waals surface area (Å²) in [6.45, 7) is 8.43. The highest BCUT2D eigenvalue weighted by molar-refractivity contribution is 7.11. The molecule has 0 fully saturated rings. The van der Waals surface area contributed by atoms with Crippen LogP contribution in [0, 0.1) is 20.8 Å². The Balaban J connectivity index is 1.73. The molecule has 0 aliphatic rings. The highest BCUT2D eigenvalue weighted by Crippen LogP contribution is 2.17. The van der Waals surface area contributed by atoms with E-state index in [4.69, 9.17) is 4.74 Å². The molecular formula is C19H28N4OS. The van der Waals surface area contributed by atoms with Crippen LogP contribution in [0.15, 0.2) is 29.3 Å². The lowest BCUT2D eigenvalue weighted by Crippen LogP contribution is -2.41. The smallest absolute Gasteiger partial charge is 0.193 e. The molecule has 0 spiro atoms. The van der Waals surface area contributed by atoms with Gasteiger partial charge in [-0.05, 0) is 32.9 Å². The second-order valence-electron chi connectivity index (χ2n) is 6.05. The molecule has 2 rings (SSSR count). The maximum Gasteiger partial charge on any atom is 0.193 e. The normalized spacial score (nSPS) is 11.5. The number of benzene rings is 1. The van der Waals surface area contributed by atoms with E-state index in [2.05, 4.69) is 53.1 Å². The minimum atomic E-state index is 0.618. The second kappa shape index (κ2) is 9.42. The number of rotatable bonds is 7. The average molecular weight is 361 g/mol. The predicted octanol–water partition coefficient (Wildman–Crippen LogP) is 3.20. The summed E-state index contributed by atoms with van der Waals surface area (Å²) < 4.78 is 5.79. The van der Waals surface area contributed by atoms with Gasteiger partial charge in [-0.25, -0.2) is 4.98 Å². The van der Waals surface area contributed by atoms with E-state index in [1.54, 1.807) is 11.3 Å². The molecule has 1 aromatic heterocycles. The van der Waals surface area contributed by atoms with Crippen LogP contribution in [0.1, 0.15) is 21.1 Å². The third kappa shape index (κ3) is 6.05. The Bertz CT molecular complexity index is 694. The van der Waals surface area contributed by atoms with Crippen molar-refractivity contribution in [2.75, 3.05) is 33.8 Å². The monoisotopic (exact) mass is 360 g/mol. The number of nitrogens with one attached hydrogen (secondary N) is 1. The lowest BCUT2D eigenvalue weighted by molar-refractivity contribution is 0.281.